The van der Waals surface area contributed by atoms with Crippen molar-refractivity contribution in [2.45, 2.75) is 81.8 Å². The minimum atomic E-state index is -0.270. The molecule has 0 unspecified atom stereocenters. The zero-order valence-corrected chi connectivity index (χ0v) is 16.7. The molecule has 0 amide bonds. The zero-order chi connectivity index (χ0) is 18.1. The summed E-state index contributed by atoms with van der Waals surface area (Å²) in [6.07, 6.45) is 16.7. The normalized spacial score (nSPS) is 43.3. The number of nitrogens with zero attached hydrogens (tertiary/aromatic N) is 1. The van der Waals surface area contributed by atoms with E-state index in [9.17, 15) is 4.79 Å². The fourth-order valence-electron chi connectivity index (χ4n) is 8.47. The number of carbonyl (C=O) groups is 1. The Morgan fingerprint density at radius 3 is 2.11 bits per heavy atom. The third kappa shape index (κ3) is 2.62. The van der Waals surface area contributed by atoms with Gasteiger partial charge in [0.2, 0.25) is 0 Å². The predicted octanol–water partition coefficient (Wildman–Crippen LogP) is 2.30. The Hall–Kier alpha value is -1.03. The van der Waals surface area contributed by atoms with Gasteiger partial charge in [-0.1, -0.05) is 6.42 Å². The molecule has 1 spiro atoms. The zero-order valence-electron chi connectivity index (χ0n) is 16.7. The number of hydrogen-bond donors (Lipinski definition) is 1. The van der Waals surface area contributed by atoms with E-state index in [0.717, 1.165) is 43.7 Å². The number of ether oxygens (including phenoxy) is 1. The number of carbonyl (C=O) groups excluding carboxylic acids is 1. The molecule has 2 heterocycles. The lowest BCUT2D eigenvalue weighted by atomic mass is 9.52. The van der Waals surface area contributed by atoms with Gasteiger partial charge >= 0.3 is 5.97 Å². The number of nitrogens with one attached hydrogen (secondary N) is 1. The van der Waals surface area contributed by atoms with Crippen molar-refractivity contribution in [3.63, 3.8) is 0 Å². The molecule has 27 heavy (non-hydrogen) atoms. The molecule has 148 valence electrons. The highest BCUT2D eigenvalue weighted by atomic mass is 16.6. The molecule has 4 bridgehead atoms. The van der Waals surface area contributed by atoms with Crippen LogP contribution in [0.1, 0.15) is 70.6 Å². The van der Waals surface area contributed by atoms with E-state index in [0.29, 0.717) is 5.54 Å². The number of hydrogen-bond acceptors (Lipinski definition) is 3. The first-order valence-electron chi connectivity index (χ1n) is 11.7. The van der Waals surface area contributed by atoms with E-state index < -0.39 is 0 Å². The summed E-state index contributed by atoms with van der Waals surface area (Å²) < 4.78 is 5.90. The van der Waals surface area contributed by atoms with Crippen molar-refractivity contribution < 1.29 is 14.4 Å². The van der Waals surface area contributed by atoms with Gasteiger partial charge in [0, 0.05) is 25.3 Å². The Morgan fingerprint density at radius 2 is 1.52 bits per heavy atom. The van der Waals surface area contributed by atoms with Gasteiger partial charge in [0.05, 0.1) is 37.4 Å². The van der Waals surface area contributed by atoms with Crippen LogP contribution in [0.2, 0.25) is 0 Å². The van der Waals surface area contributed by atoms with Gasteiger partial charge in [0.1, 0.15) is 0 Å². The molecule has 0 aromatic carbocycles. The average Bonchev–Trinajstić information content (AvgIpc) is 2.97. The molecule has 5 aliphatic carbocycles. The predicted molar refractivity (Wildman–Crippen MR) is 103 cm³/mol. The topological polar surface area (TPSA) is 34.0 Å². The van der Waals surface area contributed by atoms with E-state index in [1.807, 2.05) is 11.0 Å². The number of piperazine rings is 1. The number of esters is 1. The van der Waals surface area contributed by atoms with Crippen LogP contribution < -0.4 is 4.90 Å². The highest BCUT2D eigenvalue weighted by molar-refractivity contribution is 5.86. The number of rotatable bonds is 2. The van der Waals surface area contributed by atoms with Crippen LogP contribution in [0.3, 0.4) is 0 Å². The molecule has 0 atom stereocenters. The lowest BCUT2D eigenvalue weighted by molar-refractivity contribution is -0.962. The average molecular weight is 372 g/mol. The third-order valence-electron chi connectivity index (χ3n) is 9.17. The smallest absolute Gasteiger partial charge is 0.333 e. The highest BCUT2D eigenvalue weighted by Crippen LogP contribution is 2.54. The van der Waals surface area contributed by atoms with Crippen molar-refractivity contribution in [1.82, 2.24) is 4.90 Å². The Labute approximate surface area is 163 Å². The molecule has 7 rings (SSSR count). The minimum absolute atomic E-state index is 0.0947. The lowest BCUT2D eigenvalue weighted by Gasteiger charge is -2.59. The van der Waals surface area contributed by atoms with Gasteiger partial charge in [0.25, 0.3) is 0 Å². The van der Waals surface area contributed by atoms with Crippen molar-refractivity contribution >= 4 is 5.97 Å². The second kappa shape index (κ2) is 5.98. The fourth-order valence-corrected chi connectivity index (χ4v) is 8.47. The van der Waals surface area contributed by atoms with Gasteiger partial charge in [0.15, 0.2) is 5.60 Å². The summed E-state index contributed by atoms with van der Waals surface area (Å²) in [6.45, 7) is 4.74. The maximum absolute atomic E-state index is 12.1. The molecule has 1 N–H and O–H groups in total. The number of quaternary nitrogens is 1. The summed E-state index contributed by atoms with van der Waals surface area (Å²) in [6, 6.07) is 0. The summed E-state index contributed by atoms with van der Waals surface area (Å²) in [4.78, 5) is 16.6. The first-order valence-corrected chi connectivity index (χ1v) is 11.7. The van der Waals surface area contributed by atoms with Crippen molar-refractivity contribution in [1.29, 1.82) is 0 Å². The highest BCUT2D eigenvalue weighted by Gasteiger charge is 2.57. The van der Waals surface area contributed by atoms with Gasteiger partial charge in [-0.2, -0.15) is 0 Å². The van der Waals surface area contributed by atoms with Crippen LogP contribution in [0.5, 0.6) is 0 Å². The third-order valence-corrected chi connectivity index (χ3v) is 9.17. The van der Waals surface area contributed by atoms with Crippen LogP contribution in [0.25, 0.3) is 0 Å². The first kappa shape index (κ1) is 16.9. The lowest BCUT2D eigenvalue weighted by Crippen LogP contribution is -3.23. The largest absolute Gasteiger partial charge is 0.449 e. The Kier molecular flexibility index (Phi) is 3.74. The van der Waals surface area contributed by atoms with Gasteiger partial charge in [-0.3, -0.25) is 0 Å². The molecule has 0 aromatic rings. The Balaban J connectivity index is 1.17. The molecule has 4 nitrogen and oxygen atoms in total. The maximum atomic E-state index is 12.1. The summed E-state index contributed by atoms with van der Waals surface area (Å²) >= 11 is 0. The van der Waals surface area contributed by atoms with Crippen LogP contribution in [0.4, 0.5) is 0 Å². The van der Waals surface area contributed by atoms with E-state index in [1.54, 1.807) is 0 Å². The fraction of sp³-hybridized carbons (Fsp3) is 0.870. The monoisotopic (exact) mass is 371 g/mol. The molecule has 1 saturated heterocycles. The van der Waals surface area contributed by atoms with E-state index >= 15 is 0 Å². The van der Waals surface area contributed by atoms with E-state index in [4.69, 9.17) is 4.74 Å². The minimum Gasteiger partial charge on any atom is -0.449 e. The van der Waals surface area contributed by atoms with Gasteiger partial charge in [-0.05, 0) is 62.7 Å². The van der Waals surface area contributed by atoms with Crippen LogP contribution in [0, 0.1) is 17.8 Å². The van der Waals surface area contributed by atoms with Crippen LogP contribution in [-0.2, 0) is 9.53 Å². The molecular formula is C23H35N2O2+. The second-order valence-corrected chi connectivity index (χ2v) is 10.8. The molecule has 2 aliphatic heterocycles. The quantitative estimate of drug-likeness (QED) is 0.757. The Morgan fingerprint density at radius 1 is 0.926 bits per heavy atom. The SMILES string of the molecule is O=C1C=C(N2CC[NH+](C34CC5CC(CC(C5)C3)C4)CC2)C2(CCCCC2)O1. The van der Waals surface area contributed by atoms with Crippen LogP contribution >= 0.6 is 0 Å². The standard InChI is InChI=1S/C23H34N2O2/c26-21-13-20(23(27-21)4-2-1-3-5-23)24-6-8-25(9-7-24)22-14-17-10-18(15-22)12-19(11-17)16-22/h13,17-19H,1-12,14-16H2/p+1. The summed E-state index contributed by atoms with van der Waals surface area (Å²) in [5.41, 5.74) is 1.57. The van der Waals surface area contributed by atoms with Crippen molar-refractivity contribution in [2.75, 3.05) is 26.2 Å². The van der Waals surface area contributed by atoms with E-state index in [2.05, 4.69) is 4.90 Å². The summed E-state index contributed by atoms with van der Waals surface area (Å²) in [5.74, 6) is 3.02. The van der Waals surface area contributed by atoms with Crippen LogP contribution in [-0.4, -0.2) is 48.2 Å². The Bertz CT molecular complexity index is 620. The van der Waals surface area contributed by atoms with Gasteiger partial charge < -0.3 is 14.5 Å². The summed E-state index contributed by atoms with van der Waals surface area (Å²) in [7, 11) is 0. The maximum Gasteiger partial charge on any atom is 0.333 e. The van der Waals surface area contributed by atoms with Crippen molar-refractivity contribution in [3.05, 3.63) is 11.8 Å². The first-order chi connectivity index (χ1) is 13.1. The summed E-state index contributed by atoms with van der Waals surface area (Å²) in [5, 5.41) is 0. The van der Waals surface area contributed by atoms with Crippen molar-refractivity contribution in [2.24, 2.45) is 17.8 Å². The van der Waals surface area contributed by atoms with E-state index in [-0.39, 0.29) is 11.6 Å². The molecule has 0 aromatic heterocycles. The van der Waals surface area contributed by atoms with Gasteiger partial charge in [-0.15, -0.1) is 0 Å². The molecule has 4 heteroatoms. The molecular weight excluding hydrogens is 336 g/mol. The van der Waals surface area contributed by atoms with E-state index in [1.165, 1.54) is 76.6 Å². The molecule has 0 radical (unpaired) electrons. The molecule has 5 saturated carbocycles. The molecule has 7 aliphatic rings. The van der Waals surface area contributed by atoms with Crippen LogP contribution in [0.15, 0.2) is 11.8 Å². The van der Waals surface area contributed by atoms with Gasteiger partial charge in [-0.25, -0.2) is 4.79 Å². The molecule has 6 fully saturated rings. The van der Waals surface area contributed by atoms with Crippen molar-refractivity contribution in [3.8, 4) is 0 Å². The second-order valence-electron chi connectivity index (χ2n) is 10.8.